The summed E-state index contributed by atoms with van der Waals surface area (Å²) in [5.74, 6) is -0.783. The van der Waals surface area contributed by atoms with Gasteiger partial charge in [-0.15, -0.1) is 0 Å². The third-order valence-electron chi connectivity index (χ3n) is 2.54. The van der Waals surface area contributed by atoms with Gasteiger partial charge in [-0.05, 0) is 41.1 Å². The molecule has 0 radical (unpaired) electrons. The standard InChI is InChI=1S/C12H11BrFN3O/c1-7(8-5-15-16-6-8)17-12(18)10-4-9(14)2-3-11(10)13/h2-7H,1H3,(H,15,16)(H,17,18). The molecule has 1 atom stereocenters. The Morgan fingerprint density at radius 1 is 1.56 bits per heavy atom. The van der Waals surface area contributed by atoms with Crippen molar-refractivity contribution < 1.29 is 9.18 Å². The number of hydrogen-bond acceptors (Lipinski definition) is 2. The monoisotopic (exact) mass is 311 g/mol. The number of carbonyl (C=O) groups excluding carboxylic acids is 1. The lowest BCUT2D eigenvalue weighted by Gasteiger charge is -2.12. The first kappa shape index (κ1) is 12.8. The van der Waals surface area contributed by atoms with E-state index in [9.17, 15) is 9.18 Å². The highest BCUT2D eigenvalue weighted by Crippen LogP contribution is 2.19. The predicted molar refractivity (Wildman–Crippen MR) is 68.6 cm³/mol. The molecule has 1 aromatic carbocycles. The number of amides is 1. The van der Waals surface area contributed by atoms with Gasteiger partial charge in [-0.2, -0.15) is 5.10 Å². The first-order valence-electron chi connectivity index (χ1n) is 5.32. The summed E-state index contributed by atoms with van der Waals surface area (Å²) < 4.78 is 13.7. The van der Waals surface area contributed by atoms with Crippen LogP contribution in [0.3, 0.4) is 0 Å². The smallest absolute Gasteiger partial charge is 0.253 e. The molecule has 0 saturated heterocycles. The molecule has 2 rings (SSSR count). The Kier molecular flexibility index (Phi) is 3.76. The maximum Gasteiger partial charge on any atom is 0.253 e. The summed E-state index contributed by atoms with van der Waals surface area (Å²) >= 11 is 3.22. The van der Waals surface area contributed by atoms with Crippen LogP contribution in [-0.2, 0) is 0 Å². The molecule has 2 N–H and O–H groups in total. The van der Waals surface area contributed by atoms with E-state index in [0.29, 0.717) is 4.47 Å². The SMILES string of the molecule is CC(NC(=O)c1cc(F)ccc1Br)c1cn[nH]c1. The number of nitrogens with zero attached hydrogens (tertiary/aromatic N) is 1. The summed E-state index contributed by atoms with van der Waals surface area (Å²) in [4.78, 5) is 12.0. The minimum absolute atomic E-state index is 0.202. The van der Waals surface area contributed by atoms with Gasteiger partial charge in [0.05, 0.1) is 17.8 Å². The minimum atomic E-state index is -0.445. The number of H-pyrrole nitrogens is 1. The normalized spacial score (nSPS) is 12.2. The van der Waals surface area contributed by atoms with Crippen molar-refractivity contribution in [2.45, 2.75) is 13.0 Å². The van der Waals surface area contributed by atoms with Crippen molar-refractivity contribution in [3.8, 4) is 0 Å². The molecule has 0 spiro atoms. The van der Waals surface area contributed by atoms with Crippen molar-refractivity contribution in [1.29, 1.82) is 0 Å². The highest BCUT2D eigenvalue weighted by atomic mass is 79.9. The largest absolute Gasteiger partial charge is 0.345 e. The van der Waals surface area contributed by atoms with Crippen molar-refractivity contribution in [3.05, 3.63) is 52.0 Å². The number of aromatic nitrogens is 2. The quantitative estimate of drug-likeness (QED) is 0.915. The fourth-order valence-electron chi connectivity index (χ4n) is 1.53. The molecule has 0 saturated carbocycles. The average Bonchev–Trinajstić information content (AvgIpc) is 2.85. The van der Waals surface area contributed by atoms with Crippen molar-refractivity contribution >= 4 is 21.8 Å². The van der Waals surface area contributed by atoms with E-state index in [-0.39, 0.29) is 17.5 Å². The molecule has 18 heavy (non-hydrogen) atoms. The molecule has 1 heterocycles. The number of benzene rings is 1. The first-order valence-corrected chi connectivity index (χ1v) is 6.12. The highest BCUT2D eigenvalue weighted by Gasteiger charge is 2.15. The second-order valence-electron chi connectivity index (χ2n) is 3.85. The Bertz CT molecular complexity index is 556. The van der Waals surface area contributed by atoms with Crippen LogP contribution in [0.1, 0.15) is 28.9 Å². The van der Waals surface area contributed by atoms with Crippen LogP contribution in [0, 0.1) is 5.82 Å². The number of nitrogens with one attached hydrogen (secondary N) is 2. The predicted octanol–water partition coefficient (Wildman–Crippen LogP) is 2.80. The molecule has 0 aliphatic rings. The Labute approximate surface area is 112 Å². The molecule has 1 unspecified atom stereocenters. The topological polar surface area (TPSA) is 57.8 Å². The van der Waals surface area contributed by atoms with E-state index >= 15 is 0 Å². The molecule has 0 fully saturated rings. The molecule has 0 bridgehead atoms. The molecule has 4 nitrogen and oxygen atoms in total. The lowest BCUT2D eigenvalue weighted by atomic mass is 10.1. The Hall–Kier alpha value is -1.69. The van der Waals surface area contributed by atoms with Crippen LogP contribution in [0.5, 0.6) is 0 Å². The van der Waals surface area contributed by atoms with Crippen LogP contribution in [0.4, 0.5) is 4.39 Å². The Morgan fingerprint density at radius 3 is 3.00 bits per heavy atom. The Morgan fingerprint density at radius 2 is 2.33 bits per heavy atom. The summed E-state index contributed by atoms with van der Waals surface area (Å²) in [6.07, 6.45) is 3.33. The van der Waals surface area contributed by atoms with Gasteiger partial charge in [0.1, 0.15) is 5.82 Å². The van der Waals surface area contributed by atoms with Crippen LogP contribution in [0.25, 0.3) is 0 Å². The zero-order valence-electron chi connectivity index (χ0n) is 9.58. The van der Waals surface area contributed by atoms with Gasteiger partial charge in [0.25, 0.3) is 5.91 Å². The van der Waals surface area contributed by atoms with Gasteiger partial charge in [0.2, 0.25) is 0 Å². The first-order chi connectivity index (χ1) is 8.58. The summed E-state index contributed by atoms with van der Waals surface area (Å²) in [7, 11) is 0. The van der Waals surface area contributed by atoms with Gasteiger partial charge >= 0.3 is 0 Å². The molecular weight excluding hydrogens is 301 g/mol. The molecule has 1 amide bonds. The highest BCUT2D eigenvalue weighted by molar-refractivity contribution is 9.10. The van der Waals surface area contributed by atoms with Crippen molar-refractivity contribution in [2.24, 2.45) is 0 Å². The summed E-state index contributed by atoms with van der Waals surface area (Å²) in [6.45, 7) is 1.83. The van der Waals surface area contributed by atoms with Gasteiger partial charge in [-0.3, -0.25) is 9.89 Å². The fourth-order valence-corrected chi connectivity index (χ4v) is 1.95. The molecule has 0 aliphatic carbocycles. The molecule has 0 aliphatic heterocycles. The summed E-state index contributed by atoms with van der Waals surface area (Å²) in [5.41, 5.74) is 1.13. The third kappa shape index (κ3) is 2.76. The van der Waals surface area contributed by atoms with Crippen molar-refractivity contribution in [3.63, 3.8) is 0 Å². The van der Waals surface area contributed by atoms with E-state index < -0.39 is 5.82 Å². The summed E-state index contributed by atoms with van der Waals surface area (Å²) in [5, 5.41) is 9.25. The van der Waals surface area contributed by atoms with E-state index in [1.807, 2.05) is 6.92 Å². The summed E-state index contributed by atoms with van der Waals surface area (Å²) in [6, 6.07) is 3.79. The van der Waals surface area contributed by atoms with E-state index in [4.69, 9.17) is 0 Å². The van der Waals surface area contributed by atoms with Crippen LogP contribution >= 0.6 is 15.9 Å². The van der Waals surface area contributed by atoms with Gasteiger partial charge in [0, 0.05) is 16.2 Å². The Balaban J connectivity index is 2.15. The number of halogens is 2. The van der Waals surface area contributed by atoms with Gasteiger partial charge < -0.3 is 5.32 Å². The van der Waals surface area contributed by atoms with E-state index in [2.05, 4.69) is 31.4 Å². The average molecular weight is 312 g/mol. The van der Waals surface area contributed by atoms with Gasteiger partial charge in [0.15, 0.2) is 0 Å². The zero-order valence-corrected chi connectivity index (χ0v) is 11.2. The van der Waals surface area contributed by atoms with Crippen LogP contribution in [-0.4, -0.2) is 16.1 Å². The molecule has 6 heteroatoms. The zero-order chi connectivity index (χ0) is 13.1. The number of rotatable bonds is 3. The lowest BCUT2D eigenvalue weighted by molar-refractivity contribution is 0.0938. The molecular formula is C12H11BrFN3O. The number of carbonyl (C=O) groups is 1. The van der Waals surface area contributed by atoms with Crippen LogP contribution in [0.15, 0.2) is 35.1 Å². The number of hydrogen-bond donors (Lipinski definition) is 2. The lowest BCUT2D eigenvalue weighted by Crippen LogP contribution is -2.26. The maximum absolute atomic E-state index is 13.1. The molecule has 2 aromatic rings. The second kappa shape index (κ2) is 5.30. The van der Waals surface area contributed by atoms with Crippen LogP contribution in [0.2, 0.25) is 0 Å². The minimum Gasteiger partial charge on any atom is -0.345 e. The van der Waals surface area contributed by atoms with Crippen molar-refractivity contribution in [1.82, 2.24) is 15.5 Å². The molecule has 94 valence electrons. The van der Waals surface area contributed by atoms with E-state index in [1.165, 1.54) is 18.2 Å². The van der Waals surface area contributed by atoms with Gasteiger partial charge in [-0.1, -0.05) is 0 Å². The van der Waals surface area contributed by atoms with Crippen LogP contribution < -0.4 is 5.32 Å². The molecule has 1 aromatic heterocycles. The fraction of sp³-hybridized carbons (Fsp3) is 0.167. The third-order valence-corrected chi connectivity index (χ3v) is 3.23. The van der Waals surface area contributed by atoms with E-state index in [1.54, 1.807) is 12.4 Å². The second-order valence-corrected chi connectivity index (χ2v) is 4.71. The van der Waals surface area contributed by atoms with E-state index in [0.717, 1.165) is 5.56 Å². The number of aromatic amines is 1. The van der Waals surface area contributed by atoms with Gasteiger partial charge in [-0.25, -0.2) is 4.39 Å². The van der Waals surface area contributed by atoms with Crippen molar-refractivity contribution in [2.75, 3.05) is 0 Å². The maximum atomic E-state index is 13.1.